The molecule has 0 radical (unpaired) electrons. The Morgan fingerprint density at radius 3 is 2.75 bits per heavy atom. The predicted molar refractivity (Wildman–Crippen MR) is 41.9 cm³/mol. The van der Waals surface area contributed by atoms with E-state index in [1.807, 2.05) is 0 Å². The minimum atomic E-state index is -0.830. The number of rotatable bonds is 2. The molecular weight excluding hydrogens is 158 g/mol. The van der Waals surface area contributed by atoms with Crippen LogP contribution in [0.5, 0.6) is 0 Å². The van der Waals surface area contributed by atoms with Gasteiger partial charge in [-0.05, 0) is 25.2 Å². The Morgan fingerprint density at radius 2 is 2.25 bits per heavy atom. The molecule has 12 heavy (non-hydrogen) atoms. The molecule has 4 heteroatoms. The van der Waals surface area contributed by atoms with E-state index in [-0.39, 0.29) is 12.1 Å². The molecule has 4 nitrogen and oxygen atoms in total. The number of aliphatic hydroxyl groups is 1. The highest BCUT2D eigenvalue weighted by atomic mass is 16.4. The molecular formula is C8H13NO3. The third kappa shape index (κ3) is 0.843. The Balaban J connectivity index is 2.10. The van der Waals surface area contributed by atoms with Crippen LogP contribution < -0.4 is 0 Å². The van der Waals surface area contributed by atoms with Gasteiger partial charge in [-0.25, -0.2) is 4.79 Å². The number of hydrogen-bond acceptors (Lipinski definition) is 2. The molecule has 3 rings (SSSR count). The van der Waals surface area contributed by atoms with E-state index in [0.717, 1.165) is 12.8 Å². The lowest BCUT2D eigenvalue weighted by Crippen LogP contribution is -2.48. The summed E-state index contributed by atoms with van der Waals surface area (Å²) in [6.45, 7) is 0.770. The number of fused-ring (bicyclic) bond motifs is 1. The van der Waals surface area contributed by atoms with Crippen LogP contribution in [0.4, 0.5) is 4.79 Å². The van der Waals surface area contributed by atoms with Gasteiger partial charge in [0.1, 0.15) is 0 Å². The maximum absolute atomic E-state index is 10.8. The largest absolute Gasteiger partial charge is 0.465 e. The minimum absolute atomic E-state index is 0.0938. The maximum atomic E-state index is 10.8. The van der Waals surface area contributed by atoms with Crippen LogP contribution >= 0.6 is 0 Å². The Morgan fingerprint density at radius 1 is 1.58 bits per heavy atom. The molecule has 2 heterocycles. The second-order valence-electron chi connectivity index (χ2n) is 3.87. The zero-order valence-electron chi connectivity index (χ0n) is 6.86. The van der Waals surface area contributed by atoms with Gasteiger partial charge in [-0.15, -0.1) is 0 Å². The average Bonchev–Trinajstić information content (AvgIpc) is 2.40. The van der Waals surface area contributed by atoms with Gasteiger partial charge in [0.05, 0.1) is 0 Å². The summed E-state index contributed by atoms with van der Waals surface area (Å²) in [6.07, 6.45) is 1.69. The molecule has 0 aromatic heterocycles. The number of hydrogen-bond donors (Lipinski definition) is 2. The summed E-state index contributed by atoms with van der Waals surface area (Å²) < 4.78 is 0. The quantitative estimate of drug-likeness (QED) is 0.636. The summed E-state index contributed by atoms with van der Waals surface area (Å²) in [7, 11) is 0. The number of carboxylic acid groups (broad SMARTS) is 1. The van der Waals surface area contributed by atoms with Crippen molar-refractivity contribution >= 4 is 6.09 Å². The Labute approximate surface area is 70.8 Å². The topological polar surface area (TPSA) is 60.8 Å². The fourth-order valence-corrected chi connectivity index (χ4v) is 2.64. The Kier molecular flexibility index (Phi) is 1.54. The molecule has 2 saturated heterocycles. The van der Waals surface area contributed by atoms with Gasteiger partial charge in [0.15, 0.2) is 0 Å². The second kappa shape index (κ2) is 2.36. The van der Waals surface area contributed by atoms with E-state index in [1.54, 1.807) is 0 Å². The summed E-state index contributed by atoms with van der Waals surface area (Å²) in [5.41, 5.74) is -0.189. The molecule has 68 valence electrons. The molecule has 2 bridgehead atoms. The molecule has 0 spiro atoms. The van der Waals surface area contributed by atoms with Crippen LogP contribution in [0.3, 0.4) is 0 Å². The lowest BCUT2D eigenvalue weighted by molar-refractivity contribution is 0.0681. The molecule has 3 fully saturated rings. The SMILES string of the molecule is O=C(O)N1CC2CC1(CCO)C2. The van der Waals surface area contributed by atoms with Crippen LogP contribution in [0.2, 0.25) is 0 Å². The van der Waals surface area contributed by atoms with Crippen molar-refractivity contribution in [3.8, 4) is 0 Å². The third-order valence-corrected chi connectivity index (χ3v) is 3.16. The van der Waals surface area contributed by atoms with Crippen molar-refractivity contribution in [2.45, 2.75) is 24.8 Å². The van der Waals surface area contributed by atoms with Gasteiger partial charge in [-0.3, -0.25) is 0 Å². The molecule has 1 amide bonds. The monoisotopic (exact) mass is 171 g/mol. The fraction of sp³-hybridized carbons (Fsp3) is 0.875. The second-order valence-corrected chi connectivity index (χ2v) is 3.87. The van der Waals surface area contributed by atoms with Gasteiger partial charge in [-0.2, -0.15) is 0 Å². The van der Waals surface area contributed by atoms with E-state index in [9.17, 15) is 4.79 Å². The van der Waals surface area contributed by atoms with Crippen LogP contribution in [-0.4, -0.2) is 39.9 Å². The van der Waals surface area contributed by atoms with E-state index in [0.29, 0.717) is 18.9 Å². The zero-order chi connectivity index (χ0) is 8.77. The first kappa shape index (κ1) is 7.86. The number of nitrogens with zero attached hydrogens (tertiary/aromatic N) is 1. The first-order valence-electron chi connectivity index (χ1n) is 4.29. The van der Waals surface area contributed by atoms with Crippen molar-refractivity contribution < 1.29 is 15.0 Å². The Hall–Kier alpha value is -0.770. The highest BCUT2D eigenvalue weighted by Crippen LogP contribution is 2.52. The van der Waals surface area contributed by atoms with E-state index >= 15 is 0 Å². The van der Waals surface area contributed by atoms with Crippen molar-refractivity contribution in [2.24, 2.45) is 5.92 Å². The predicted octanol–water partition coefficient (Wildman–Crippen LogP) is 0.511. The van der Waals surface area contributed by atoms with Gasteiger partial charge in [0, 0.05) is 18.7 Å². The van der Waals surface area contributed by atoms with Crippen LogP contribution in [0.25, 0.3) is 0 Å². The first-order valence-corrected chi connectivity index (χ1v) is 4.29. The maximum Gasteiger partial charge on any atom is 0.407 e. The summed E-state index contributed by atoms with van der Waals surface area (Å²) in [5.74, 6) is 0.563. The Bertz CT molecular complexity index is 210. The van der Waals surface area contributed by atoms with Crippen LogP contribution in [0.1, 0.15) is 19.3 Å². The molecule has 0 unspecified atom stereocenters. The smallest absolute Gasteiger partial charge is 0.407 e. The normalized spacial score (nSPS) is 38.1. The van der Waals surface area contributed by atoms with Gasteiger partial charge >= 0.3 is 6.09 Å². The van der Waals surface area contributed by atoms with Crippen LogP contribution in [0, 0.1) is 5.92 Å². The molecule has 1 saturated carbocycles. The van der Waals surface area contributed by atoms with Crippen LogP contribution in [-0.2, 0) is 0 Å². The number of carbonyl (C=O) groups is 1. The van der Waals surface area contributed by atoms with E-state index in [2.05, 4.69) is 0 Å². The van der Waals surface area contributed by atoms with Crippen molar-refractivity contribution in [3.05, 3.63) is 0 Å². The van der Waals surface area contributed by atoms with Crippen molar-refractivity contribution in [1.29, 1.82) is 0 Å². The molecule has 1 aliphatic carbocycles. The molecule has 0 aromatic rings. The van der Waals surface area contributed by atoms with E-state index in [1.165, 1.54) is 4.90 Å². The van der Waals surface area contributed by atoms with Gasteiger partial charge in [0.25, 0.3) is 0 Å². The lowest BCUT2D eigenvalue weighted by Gasteiger charge is -2.40. The van der Waals surface area contributed by atoms with E-state index < -0.39 is 6.09 Å². The molecule has 3 aliphatic rings. The number of aliphatic hydroxyl groups excluding tert-OH is 1. The fourth-order valence-electron chi connectivity index (χ4n) is 2.64. The van der Waals surface area contributed by atoms with Gasteiger partial charge in [0.2, 0.25) is 0 Å². The molecule has 2 aliphatic heterocycles. The highest BCUT2D eigenvalue weighted by molar-refractivity contribution is 5.67. The van der Waals surface area contributed by atoms with E-state index in [4.69, 9.17) is 10.2 Å². The standard InChI is InChI=1S/C8H13NO3/c10-2-1-8-3-6(4-8)5-9(8)7(11)12/h6,10H,1-5H2,(H,11,12). The average molecular weight is 171 g/mol. The lowest BCUT2D eigenvalue weighted by atomic mass is 9.71. The highest BCUT2D eigenvalue weighted by Gasteiger charge is 2.57. The van der Waals surface area contributed by atoms with Crippen LogP contribution in [0.15, 0.2) is 0 Å². The van der Waals surface area contributed by atoms with Gasteiger partial charge < -0.3 is 15.1 Å². The molecule has 2 N–H and O–H groups in total. The molecule has 0 atom stereocenters. The summed E-state index contributed by atoms with van der Waals surface area (Å²) in [5, 5.41) is 17.6. The summed E-state index contributed by atoms with van der Waals surface area (Å²) in [6, 6.07) is 0. The first-order chi connectivity index (χ1) is 5.68. The van der Waals surface area contributed by atoms with Crippen molar-refractivity contribution in [3.63, 3.8) is 0 Å². The zero-order valence-corrected chi connectivity index (χ0v) is 6.86. The third-order valence-electron chi connectivity index (χ3n) is 3.16. The number of amides is 1. The summed E-state index contributed by atoms with van der Waals surface area (Å²) in [4.78, 5) is 12.3. The van der Waals surface area contributed by atoms with Crippen molar-refractivity contribution in [1.82, 2.24) is 4.90 Å². The molecule has 0 aromatic carbocycles. The van der Waals surface area contributed by atoms with Crippen molar-refractivity contribution in [2.75, 3.05) is 13.2 Å². The minimum Gasteiger partial charge on any atom is -0.465 e. The summed E-state index contributed by atoms with van der Waals surface area (Å²) >= 11 is 0. The van der Waals surface area contributed by atoms with Gasteiger partial charge in [-0.1, -0.05) is 0 Å².